The van der Waals surface area contributed by atoms with Crippen LogP contribution in [0.5, 0.6) is 0 Å². The van der Waals surface area contributed by atoms with E-state index < -0.39 is 29.2 Å². The molecule has 2 N–H and O–H groups in total. The molecule has 6 heteroatoms. The van der Waals surface area contributed by atoms with E-state index >= 15 is 0 Å². The second-order valence-corrected chi connectivity index (χ2v) is 8.91. The number of esters is 1. The minimum Gasteiger partial charge on any atom is -0.481 e. The molecule has 2 atom stereocenters. The quantitative estimate of drug-likeness (QED) is 0.232. The second kappa shape index (κ2) is 12.7. The molecule has 29 heavy (non-hydrogen) atoms. The average molecular weight is 411 g/mol. The maximum absolute atomic E-state index is 12.1. The van der Waals surface area contributed by atoms with Gasteiger partial charge in [0.05, 0.1) is 17.9 Å². The largest absolute Gasteiger partial charge is 0.481 e. The summed E-state index contributed by atoms with van der Waals surface area (Å²) in [4.78, 5) is 35.2. The normalized spacial score (nSPS) is 21.7. The molecule has 0 aromatic rings. The lowest BCUT2D eigenvalue weighted by molar-refractivity contribution is -0.156. The van der Waals surface area contributed by atoms with Gasteiger partial charge in [-0.25, -0.2) is 4.79 Å². The van der Waals surface area contributed by atoms with Gasteiger partial charge in [-0.05, 0) is 44.4 Å². The molecule has 0 heterocycles. The fraction of sp³-hybridized carbons (Fsp3) is 0.783. The summed E-state index contributed by atoms with van der Waals surface area (Å²) >= 11 is 0. The maximum Gasteiger partial charge on any atom is 0.333 e. The Kier molecular flexibility index (Phi) is 11.0. The third-order valence-electron chi connectivity index (χ3n) is 6.00. The number of rotatable bonds is 14. The summed E-state index contributed by atoms with van der Waals surface area (Å²) < 4.78 is 5.26. The van der Waals surface area contributed by atoms with Gasteiger partial charge >= 0.3 is 17.9 Å². The first-order chi connectivity index (χ1) is 13.7. The second-order valence-electron chi connectivity index (χ2n) is 8.91. The van der Waals surface area contributed by atoms with Crippen LogP contribution in [0.4, 0.5) is 0 Å². The predicted molar refractivity (Wildman–Crippen MR) is 112 cm³/mol. The zero-order valence-electron chi connectivity index (χ0n) is 18.1. The third-order valence-corrected chi connectivity index (χ3v) is 6.00. The first kappa shape index (κ1) is 25.2. The van der Waals surface area contributed by atoms with E-state index in [0.717, 1.165) is 25.2 Å². The lowest BCUT2D eigenvalue weighted by Crippen LogP contribution is -2.38. The highest BCUT2D eigenvalue weighted by Gasteiger charge is 2.44. The van der Waals surface area contributed by atoms with E-state index in [-0.39, 0.29) is 24.8 Å². The van der Waals surface area contributed by atoms with E-state index in [4.69, 9.17) is 4.74 Å². The van der Waals surface area contributed by atoms with Crippen molar-refractivity contribution in [1.29, 1.82) is 0 Å². The molecule has 1 aliphatic carbocycles. The Morgan fingerprint density at radius 1 is 1.10 bits per heavy atom. The fourth-order valence-corrected chi connectivity index (χ4v) is 4.05. The summed E-state index contributed by atoms with van der Waals surface area (Å²) in [5.74, 6) is -2.30. The molecular formula is C23H38O6. The van der Waals surface area contributed by atoms with E-state index in [9.17, 15) is 24.6 Å². The number of hydrogen-bond acceptors (Lipinski definition) is 4. The van der Waals surface area contributed by atoms with Crippen LogP contribution in [0.2, 0.25) is 0 Å². The van der Waals surface area contributed by atoms with Crippen molar-refractivity contribution >= 4 is 17.9 Å². The maximum atomic E-state index is 12.1. The van der Waals surface area contributed by atoms with Crippen LogP contribution in [0.25, 0.3) is 0 Å². The predicted octanol–water partition coefficient (Wildman–Crippen LogP) is 5.21. The monoisotopic (exact) mass is 410 g/mol. The Morgan fingerprint density at radius 2 is 1.76 bits per heavy atom. The van der Waals surface area contributed by atoms with Gasteiger partial charge < -0.3 is 14.9 Å². The van der Waals surface area contributed by atoms with Crippen molar-refractivity contribution in [1.82, 2.24) is 0 Å². The number of carbonyl (C=O) groups is 3. The van der Waals surface area contributed by atoms with E-state index in [1.54, 1.807) is 0 Å². The molecule has 166 valence electrons. The van der Waals surface area contributed by atoms with E-state index in [0.29, 0.717) is 25.9 Å². The third kappa shape index (κ3) is 9.01. The molecule has 6 nitrogen and oxygen atoms in total. The summed E-state index contributed by atoms with van der Waals surface area (Å²) in [5, 5.41) is 18.9. The Bertz CT molecular complexity index is 568. The molecule has 1 fully saturated rings. The van der Waals surface area contributed by atoms with Gasteiger partial charge in [0.25, 0.3) is 0 Å². The standard InChI is InChI=1S/C23H38O6/c1-17(2)10-7-5-4-6-8-15-29-21(26)18(3)12-14-23(22(27)28)13-9-11-19(16-23)20(24)25/h17,19H,3-16H2,1-2H3,(H,24,25)(H,27,28). The Morgan fingerprint density at radius 3 is 2.38 bits per heavy atom. The fourth-order valence-electron chi connectivity index (χ4n) is 4.05. The molecule has 2 unspecified atom stereocenters. The van der Waals surface area contributed by atoms with Gasteiger partial charge in [-0.3, -0.25) is 9.59 Å². The first-order valence-corrected chi connectivity index (χ1v) is 11.0. The van der Waals surface area contributed by atoms with Crippen LogP contribution in [0.1, 0.15) is 90.9 Å². The number of carboxylic acid groups (broad SMARTS) is 2. The number of carboxylic acids is 2. The molecule has 0 aromatic carbocycles. The summed E-state index contributed by atoms with van der Waals surface area (Å²) in [6, 6.07) is 0. The molecule has 1 saturated carbocycles. The summed E-state index contributed by atoms with van der Waals surface area (Å²) in [7, 11) is 0. The molecule has 0 spiro atoms. The minimum atomic E-state index is -1.10. The van der Waals surface area contributed by atoms with Crippen LogP contribution in [-0.2, 0) is 19.1 Å². The van der Waals surface area contributed by atoms with Crippen molar-refractivity contribution < 1.29 is 29.3 Å². The molecule has 0 aromatic heterocycles. The lowest BCUT2D eigenvalue weighted by Gasteiger charge is -2.36. The topological polar surface area (TPSA) is 101 Å². The van der Waals surface area contributed by atoms with Crippen LogP contribution in [0, 0.1) is 17.3 Å². The summed E-state index contributed by atoms with van der Waals surface area (Å²) in [6.07, 6.45) is 8.72. The smallest absolute Gasteiger partial charge is 0.333 e. The van der Waals surface area contributed by atoms with Crippen LogP contribution >= 0.6 is 0 Å². The van der Waals surface area contributed by atoms with Gasteiger partial charge in [-0.2, -0.15) is 0 Å². The van der Waals surface area contributed by atoms with Gasteiger partial charge in [0.15, 0.2) is 0 Å². The van der Waals surface area contributed by atoms with Crippen molar-refractivity contribution in [3.63, 3.8) is 0 Å². The first-order valence-electron chi connectivity index (χ1n) is 11.0. The van der Waals surface area contributed by atoms with Crippen LogP contribution < -0.4 is 0 Å². The highest BCUT2D eigenvalue weighted by molar-refractivity contribution is 5.87. The van der Waals surface area contributed by atoms with Crippen molar-refractivity contribution in [3.8, 4) is 0 Å². The molecule has 1 rings (SSSR count). The van der Waals surface area contributed by atoms with Crippen LogP contribution in [0.3, 0.4) is 0 Å². The zero-order valence-corrected chi connectivity index (χ0v) is 18.1. The Labute approximate surface area is 174 Å². The minimum absolute atomic E-state index is 0.108. The van der Waals surface area contributed by atoms with E-state index in [2.05, 4.69) is 20.4 Å². The van der Waals surface area contributed by atoms with Crippen LogP contribution in [-0.4, -0.2) is 34.7 Å². The highest BCUT2D eigenvalue weighted by atomic mass is 16.5. The number of ether oxygens (including phenoxy) is 1. The van der Waals surface area contributed by atoms with Gasteiger partial charge in [0.2, 0.25) is 0 Å². The molecule has 0 amide bonds. The molecule has 0 bridgehead atoms. The number of carbonyl (C=O) groups excluding carboxylic acids is 1. The zero-order chi connectivity index (χ0) is 21.9. The SMILES string of the molecule is C=C(CCC1(C(=O)O)CCCC(C(=O)O)C1)C(=O)OCCCCCCCC(C)C. The van der Waals surface area contributed by atoms with Gasteiger partial charge in [-0.15, -0.1) is 0 Å². The van der Waals surface area contributed by atoms with Gasteiger partial charge in [-0.1, -0.05) is 59.0 Å². The number of aliphatic carboxylic acids is 2. The summed E-state index contributed by atoms with van der Waals surface area (Å²) in [5.41, 5.74) is -0.833. The Balaban J connectivity index is 2.32. The molecule has 1 aliphatic rings. The molecular weight excluding hydrogens is 372 g/mol. The highest BCUT2D eigenvalue weighted by Crippen LogP contribution is 2.44. The molecule has 0 aliphatic heterocycles. The Hall–Kier alpha value is -1.85. The summed E-state index contributed by atoms with van der Waals surface area (Å²) in [6.45, 7) is 8.56. The average Bonchev–Trinajstić information content (AvgIpc) is 2.67. The van der Waals surface area contributed by atoms with E-state index in [1.165, 1.54) is 19.3 Å². The van der Waals surface area contributed by atoms with Gasteiger partial charge in [0.1, 0.15) is 0 Å². The van der Waals surface area contributed by atoms with Gasteiger partial charge in [0, 0.05) is 5.57 Å². The molecule has 0 saturated heterocycles. The van der Waals surface area contributed by atoms with Crippen molar-refractivity contribution in [2.45, 2.75) is 90.9 Å². The van der Waals surface area contributed by atoms with E-state index in [1.807, 2.05) is 0 Å². The lowest BCUT2D eigenvalue weighted by atomic mass is 9.67. The van der Waals surface area contributed by atoms with Crippen molar-refractivity contribution in [2.75, 3.05) is 6.61 Å². The van der Waals surface area contributed by atoms with Crippen LogP contribution in [0.15, 0.2) is 12.2 Å². The van der Waals surface area contributed by atoms with Crippen molar-refractivity contribution in [3.05, 3.63) is 12.2 Å². The molecule has 0 radical (unpaired) electrons. The van der Waals surface area contributed by atoms with Crippen molar-refractivity contribution in [2.24, 2.45) is 17.3 Å². The number of hydrogen-bond donors (Lipinski definition) is 2. The number of unbranched alkanes of at least 4 members (excludes halogenated alkanes) is 4.